The highest BCUT2D eigenvalue weighted by Gasteiger charge is 2.26. The Morgan fingerprint density at radius 3 is 2.55 bits per heavy atom. The molecule has 1 aromatic heterocycles. The van der Waals surface area contributed by atoms with Crippen LogP contribution in [-0.4, -0.2) is 47.5 Å². The minimum atomic E-state index is -3.55. The van der Waals surface area contributed by atoms with Gasteiger partial charge in [-0.15, -0.1) is 10.2 Å². The molecule has 1 saturated heterocycles. The molecule has 2 aromatic carbocycles. The van der Waals surface area contributed by atoms with Gasteiger partial charge < -0.3 is 4.42 Å². The van der Waals surface area contributed by atoms with Crippen molar-refractivity contribution in [2.45, 2.75) is 49.1 Å². The zero-order valence-electron chi connectivity index (χ0n) is 18.6. The van der Waals surface area contributed by atoms with E-state index in [0.717, 1.165) is 32.1 Å². The third-order valence-electron chi connectivity index (χ3n) is 5.58. The molecule has 3 aromatic rings. The van der Waals surface area contributed by atoms with Crippen LogP contribution in [0.3, 0.4) is 0 Å². The van der Waals surface area contributed by atoms with Crippen LogP contribution in [-0.2, 0) is 16.4 Å². The Morgan fingerprint density at radius 1 is 1.06 bits per heavy atom. The van der Waals surface area contributed by atoms with Crippen LogP contribution in [0.4, 0.5) is 0 Å². The van der Waals surface area contributed by atoms with Crippen LogP contribution in [0.5, 0.6) is 0 Å². The van der Waals surface area contributed by atoms with Gasteiger partial charge in [-0.1, -0.05) is 61.9 Å². The third-order valence-corrected chi connectivity index (χ3v) is 8.29. The molecule has 7 nitrogen and oxygen atoms in total. The van der Waals surface area contributed by atoms with Crippen molar-refractivity contribution in [1.82, 2.24) is 14.5 Å². The van der Waals surface area contributed by atoms with Crippen LogP contribution in [0.25, 0.3) is 11.5 Å². The zero-order valence-corrected chi connectivity index (χ0v) is 20.2. The van der Waals surface area contributed by atoms with Crippen molar-refractivity contribution in [2.24, 2.45) is 0 Å². The van der Waals surface area contributed by atoms with E-state index in [1.807, 2.05) is 24.3 Å². The first-order valence-corrected chi connectivity index (χ1v) is 13.6. The van der Waals surface area contributed by atoms with E-state index in [0.29, 0.717) is 24.2 Å². The molecule has 1 fully saturated rings. The maximum atomic E-state index is 13.0. The van der Waals surface area contributed by atoms with Crippen LogP contribution >= 0.6 is 11.8 Å². The third kappa shape index (κ3) is 5.72. The van der Waals surface area contributed by atoms with E-state index < -0.39 is 10.0 Å². The van der Waals surface area contributed by atoms with Crippen molar-refractivity contribution in [1.29, 1.82) is 0 Å². The average molecular weight is 486 g/mol. The number of carbonyl (C=O) groups excluding carboxylic acids is 1. The van der Waals surface area contributed by atoms with Gasteiger partial charge in [-0.3, -0.25) is 4.79 Å². The summed E-state index contributed by atoms with van der Waals surface area (Å²) in [5, 5.41) is 8.33. The van der Waals surface area contributed by atoms with E-state index in [1.165, 1.54) is 21.6 Å². The highest BCUT2D eigenvalue weighted by Crippen LogP contribution is 2.27. The summed E-state index contributed by atoms with van der Waals surface area (Å²) in [4.78, 5) is 12.7. The summed E-state index contributed by atoms with van der Waals surface area (Å²) in [5.74, 6) is 0.389. The largest absolute Gasteiger partial charge is 0.411 e. The maximum absolute atomic E-state index is 13.0. The fourth-order valence-electron chi connectivity index (χ4n) is 3.79. The Bertz CT molecular complexity index is 1200. The number of aryl methyl sites for hydroxylation is 1. The number of hydrogen-bond acceptors (Lipinski definition) is 7. The number of piperidine rings is 1. The molecule has 33 heavy (non-hydrogen) atoms. The summed E-state index contributed by atoms with van der Waals surface area (Å²) in [6, 6.07) is 14.2. The summed E-state index contributed by atoms with van der Waals surface area (Å²) >= 11 is 1.17. The average Bonchev–Trinajstić information content (AvgIpc) is 3.33. The molecular formula is C24H27N3O4S2. The van der Waals surface area contributed by atoms with Gasteiger partial charge in [-0.2, -0.15) is 4.31 Å². The molecule has 0 bridgehead atoms. The first-order valence-electron chi connectivity index (χ1n) is 11.2. The number of hydrogen-bond donors (Lipinski definition) is 0. The lowest BCUT2D eigenvalue weighted by molar-refractivity contribution is 0.102. The zero-order chi connectivity index (χ0) is 23.3. The normalized spacial score (nSPS) is 14.9. The van der Waals surface area contributed by atoms with Gasteiger partial charge >= 0.3 is 0 Å². The van der Waals surface area contributed by atoms with Gasteiger partial charge in [0.2, 0.25) is 15.9 Å². The predicted molar refractivity (Wildman–Crippen MR) is 128 cm³/mol. The van der Waals surface area contributed by atoms with E-state index >= 15 is 0 Å². The number of aromatic nitrogens is 2. The lowest BCUT2D eigenvalue weighted by Crippen LogP contribution is -2.35. The fourth-order valence-corrected chi connectivity index (χ4v) is 6.01. The second-order valence-corrected chi connectivity index (χ2v) is 10.9. The number of Topliss-reactive ketones (excluding diaryl/α,β-unsaturated/α-hetero) is 1. The van der Waals surface area contributed by atoms with Crippen molar-refractivity contribution in [2.75, 3.05) is 18.8 Å². The molecule has 0 unspecified atom stereocenters. The monoisotopic (exact) mass is 485 g/mol. The van der Waals surface area contributed by atoms with Crippen LogP contribution in [0.2, 0.25) is 0 Å². The van der Waals surface area contributed by atoms with Gasteiger partial charge in [0.15, 0.2) is 5.78 Å². The number of ketones is 1. The van der Waals surface area contributed by atoms with Gasteiger partial charge in [-0.25, -0.2) is 8.42 Å². The quantitative estimate of drug-likeness (QED) is 0.316. The molecule has 1 aliphatic heterocycles. The van der Waals surface area contributed by atoms with Crippen molar-refractivity contribution >= 4 is 27.6 Å². The van der Waals surface area contributed by atoms with E-state index in [9.17, 15) is 13.2 Å². The van der Waals surface area contributed by atoms with Gasteiger partial charge in [0.05, 0.1) is 10.6 Å². The molecule has 0 radical (unpaired) electrons. The molecule has 2 heterocycles. The molecular weight excluding hydrogens is 458 g/mol. The molecule has 1 aliphatic rings. The van der Waals surface area contributed by atoms with Crippen LogP contribution in [0, 0.1) is 0 Å². The number of benzene rings is 2. The summed E-state index contributed by atoms with van der Waals surface area (Å²) in [7, 11) is -3.55. The highest BCUT2D eigenvalue weighted by molar-refractivity contribution is 7.99. The van der Waals surface area contributed by atoms with Gasteiger partial charge in [0, 0.05) is 24.2 Å². The number of thioether (sulfide) groups is 1. The van der Waals surface area contributed by atoms with E-state index in [-0.39, 0.29) is 27.5 Å². The van der Waals surface area contributed by atoms with Gasteiger partial charge in [0.25, 0.3) is 5.22 Å². The van der Waals surface area contributed by atoms with Crippen LogP contribution in [0.1, 0.15) is 48.5 Å². The maximum Gasteiger partial charge on any atom is 0.277 e. The van der Waals surface area contributed by atoms with Gasteiger partial charge in [-0.05, 0) is 43.0 Å². The first-order chi connectivity index (χ1) is 16.0. The Hall–Kier alpha value is -2.49. The number of sulfonamides is 1. The van der Waals surface area contributed by atoms with Crippen LogP contribution in [0.15, 0.2) is 63.1 Å². The van der Waals surface area contributed by atoms with Crippen molar-refractivity contribution in [3.63, 3.8) is 0 Å². The van der Waals surface area contributed by atoms with Crippen molar-refractivity contribution < 1.29 is 17.6 Å². The molecule has 0 amide bonds. The van der Waals surface area contributed by atoms with E-state index in [2.05, 4.69) is 17.1 Å². The summed E-state index contributed by atoms with van der Waals surface area (Å²) < 4.78 is 33.2. The lowest BCUT2D eigenvalue weighted by atomic mass is 10.1. The fraction of sp³-hybridized carbons (Fsp3) is 0.375. The van der Waals surface area contributed by atoms with Crippen molar-refractivity contribution in [3.8, 4) is 11.5 Å². The predicted octanol–water partition coefficient (Wildman–Crippen LogP) is 4.84. The molecule has 0 saturated carbocycles. The Morgan fingerprint density at radius 2 is 1.82 bits per heavy atom. The number of nitrogens with zero attached hydrogens (tertiary/aromatic N) is 3. The number of carbonyl (C=O) groups is 1. The number of rotatable bonds is 9. The second kappa shape index (κ2) is 10.6. The molecule has 0 atom stereocenters. The smallest absolute Gasteiger partial charge is 0.277 e. The van der Waals surface area contributed by atoms with Crippen molar-refractivity contribution in [3.05, 3.63) is 59.7 Å². The molecule has 4 rings (SSSR count). The van der Waals surface area contributed by atoms with Gasteiger partial charge in [0.1, 0.15) is 0 Å². The Labute approximate surface area is 198 Å². The van der Waals surface area contributed by atoms with E-state index in [4.69, 9.17) is 4.42 Å². The van der Waals surface area contributed by atoms with E-state index in [1.54, 1.807) is 24.3 Å². The molecule has 0 aliphatic carbocycles. The second-order valence-electron chi connectivity index (χ2n) is 8.02. The standard InChI is InChI=1S/C24H27N3O4S2/c1-2-7-18-10-12-19(13-11-18)22(28)17-32-24-26-25-23(31-24)20-8-6-9-21(16-20)33(29,30)27-14-4-3-5-15-27/h6,8-13,16H,2-5,7,14-15,17H2,1H3. The Balaban J connectivity index is 1.42. The SMILES string of the molecule is CCCc1ccc(C(=O)CSc2nnc(-c3cccc(S(=O)(=O)N4CCCCC4)c3)o2)cc1. The molecule has 0 N–H and O–H groups in total. The molecule has 174 valence electrons. The first kappa shape index (κ1) is 23.7. The Kier molecular flexibility index (Phi) is 7.62. The summed E-state index contributed by atoms with van der Waals surface area (Å²) in [6.07, 6.45) is 4.88. The minimum absolute atomic E-state index is 0.0163. The topological polar surface area (TPSA) is 93.4 Å². The summed E-state index contributed by atoms with van der Waals surface area (Å²) in [5.41, 5.74) is 2.40. The molecule has 9 heteroatoms. The van der Waals surface area contributed by atoms with Crippen LogP contribution < -0.4 is 0 Å². The summed E-state index contributed by atoms with van der Waals surface area (Å²) in [6.45, 7) is 3.21. The minimum Gasteiger partial charge on any atom is -0.411 e. The lowest BCUT2D eigenvalue weighted by Gasteiger charge is -2.25. The highest BCUT2D eigenvalue weighted by atomic mass is 32.2. The molecule has 0 spiro atoms.